The molecule has 0 atom stereocenters. The van der Waals surface area contributed by atoms with Gasteiger partial charge in [0.25, 0.3) is 0 Å². The van der Waals surface area contributed by atoms with Crippen LogP contribution in [0.15, 0.2) is 12.2 Å². The molecule has 0 aliphatic carbocycles. The molecule has 0 N–H and O–H groups in total. The molecule has 0 heterocycles. The zero-order valence-electron chi connectivity index (χ0n) is 6.59. The lowest BCUT2D eigenvalue weighted by Gasteiger charge is -2.10. The Morgan fingerprint density at radius 3 is 2.20 bits per heavy atom. The maximum absolute atomic E-state index is 5.12. The highest BCUT2D eigenvalue weighted by Crippen LogP contribution is 2.37. The molecule has 0 aromatic heterocycles. The average Bonchev–Trinajstić information content (AvgIpc) is 1.90. The lowest BCUT2D eigenvalue weighted by Crippen LogP contribution is -1.92. The fraction of sp³-hybridized carbons (Fsp3) is 0.667. The van der Waals surface area contributed by atoms with Gasteiger partial charge < -0.3 is 13.6 Å². The van der Waals surface area contributed by atoms with E-state index in [1.807, 2.05) is 6.92 Å². The highest BCUT2D eigenvalue weighted by molar-refractivity contribution is 7.41. The van der Waals surface area contributed by atoms with E-state index < -0.39 is 8.60 Å². The molecule has 4 heteroatoms. The molecule has 0 bridgehead atoms. The lowest BCUT2D eigenvalue weighted by molar-refractivity contribution is 0.219. The Kier molecular flexibility index (Phi) is 5.84. The Balaban J connectivity index is 3.34. The molecule has 0 aliphatic rings. The van der Waals surface area contributed by atoms with Crippen molar-refractivity contribution in [1.29, 1.82) is 0 Å². The summed E-state index contributed by atoms with van der Waals surface area (Å²) in [7, 11) is 1.95. The van der Waals surface area contributed by atoms with E-state index in [0.717, 1.165) is 5.57 Å². The van der Waals surface area contributed by atoms with Crippen LogP contribution in [0.2, 0.25) is 0 Å². The van der Waals surface area contributed by atoms with Crippen molar-refractivity contribution in [3.05, 3.63) is 12.2 Å². The Labute approximate surface area is 63.0 Å². The first-order chi connectivity index (χ1) is 4.70. The lowest BCUT2D eigenvalue weighted by atomic mass is 10.4. The Bertz CT molecular complexity index is 101. The summed E-state index contributed by atoms with van der Waals surface area (Å²) in [6.45, 7) is 6.05. The van der Waals surface area contributed by atoms with Gasteiger partial charge in [-0.15, -0.1) is 0 Å². The van der Waals surface area contributed by atoms with Crippen LogP contribution in [0.3, 0.4) is 0 Å². The van der Waals surface area contributed by atoms with Gasteiger partial charge in [-0.3, -0.25) is 0 Å². The number of hydrogen-bond donors (Lipinski definition) is 0. The third-order valence-electron chi connectivity index (χ3n) is 0.715. The molecule has 0 radical (unpaired) electrons. The summed E-state index contributed by atoms with van der Waals surface area (Å²) in [5, 5.41) is 0. The Morgan fingerprint density at radius 1 is 1.40 bits per heavy atom. The summed E-state index contributed by atoms with van der Waals surface area (Å²) in [6.07, 6.45) is 0. The molecular formula is C6H13O3P. The first-order valence-corrected chi connectivity index (χ1v) is 3.96. The molecule has 60 valence electrons. The molecule has 0 rings (SSSR count). The van der Waals surface area contributed by atoms with Crippen LogP contribution in [0.5, 0.6) is 0 Å². The Morgan fingerprint density at radius 2 is 1.90 bits per heavy atom. The molecule has 0 unspecified atom stereocenters. The minimum Gasteiger partial charge on any atom is -0.316 e. The summed E-state index contributed by atoms with van der Waals surface area (Å²) in [5.41, 5.74) is 0.960. The monoisotopic (exact) mass is 164 g/mol. The standard InChI is InChI=1S/C6H13O3P/c1-6(2)5-9-10(7-3)8-4/h1,5H2,2-4H3. The highest BCUT2D eigenvalue weighted by atomic mass is 31.2. The van der Waals surface area contributed by atoms with Crippen molar-refractivity contribution < 1.29 is 13.6 Å². The van der Waals surface area contributed by atoms with E-state index in [2.05, 4.69) is 6.58 Å². The second-order valence-corrected chi connectivity index (χ2v) is 3.26. The van der Waals surface area contributed by atoms with Crippen molar-refractivity contribution in [2.75, 3.05) is 20.8 Å². The normalized spacial score (nSPS) is 10.4. The third kappa shape index (κ3) is 4.89. The maximum atomic E-state index is 5.12. The van der Waals surface area contributed by atoms with Crippen LogP contribution >= 0.6 is 8.60 Å². The minimum absolute atomic E-state index is 0.493. The number of hydrogen-bond acceptors (Lipinski definition) is 3. The summed E-state index contributed by atoms with van der Waals surface area (Å²) in [6, 6.07) is 0. The molecule has 0 saturated heterocycles. The molecule has 0 aliphatic heterocycles. The zero-order chi connectivity index (χ0) is 7.98. The van der Waals surface area contributed by atoms with Crippen LogP contribution in [0, 0.1) is 0 Å². The minimum atomic E-state index is -1.15. The van der Waals surface area contributed by atoms with Gasteiger partial charge in [0, 0.05) is 14.2 Å². The summed E-state index contributed by atoms with van der Waals surface area (Å²) in [5.74, 6) is 0. The molecule has 3 nitrogen and oxygen atoms in total. The van der Waals surface area contributed by atoms with Gasteiger partial charge in [-0.25, -0.2) is 0 Å². The molecular weight excluding hydrogens is 151 g/mol. The zero-order valence-corrected chi connectivity index (χ0v) is 7.48. The summed E-state index contributed by atoms with van der Waals surface area (Å²) < 4.78 is 14.8. The summed E-state index contributed by atoms with van der Waals surface area (Å²) in [4.78, 5) is 0. The van der Waals surface area contributed by atoms with Gasteiger partial charge in [0.2, 0.25) is 0 Å². The van der Waals surface area contributed by atoms with E-state index in [9.17, 15) is 0 Å². The first kappa shape index (κ1) is 10.0. The van der Waals surface area contributed by atoms with Crippen LogP contribution in [0.4, 0.5) is 0 Å². The van der Waals surface area contributed by atoms with Crippen molar-refractivity contribution in [2.24, 2.45) is 0 Å². The maximum Gasteiger partial charge on any atom is 0.332 e. The molecule has 0 saturated carbocycles. The van der Waals surface area contributed by atoms with Gasteiger partial charge in [-0.2, -0.15) is 0 Å². The second-order valence-electron chi connectivity index (χ2n) is 1.82. The fourth-order valence-corrected chi connectivity index (χ4v) is 1.03. The van der Waals surface area contributed by atoms with Crippen LogP contribution in [0.1, 0.15) is 6.92 Å². The largest absolute Gasteiger partial charge is 0.332 e. The van der Waals surface area contributed by atoms with E-state index in [1.54, 1.807) is 14.2 Å². The van der Waals surface area contributed by atoms with Crippen molar-refractivity contribution in [1.82, 2.24) is 0 Å². The first-order valence-electron chi connectivity index (χ1n) is 2.86. The SMILES string of the molecule is C=C(C)COP(OC)OC. The van der Waals surface area contributed by atoms with Crippen LogP contribution < -0.4 is 0 Å². The fourth-order valence-electron chi connectivity index (χ4n) is 0.343. The van der Waals surface area contributed by atoms with Crippen molar-refractivity contribution in [3.8, 4) is 0 Å². The van der Waals surface area contributed by atoms with E-state index in [1.165, 1.54) is 0 Å². The molecule has 10 heavy (non-hydrogen) atoms. The molecule has 0 amide bonds. The number of rotatable bonds is 5. The third-order valence-corrected chi connectivity index (χ3v) is 1.65. The quantitative estimate of drug-likeness (QED) is 0.460. The Hall–Kier alpha value is 0.0500. The van der Waals surface area contributed by atoms with Gasteiger partial charge >= 0.3 is 8.60 Å². The van der Waals surface area contributed by atoms with Gasteiger partial charge in [0.05, 0.1) is 6.61 Å². The predicted octanol–water partition coefficient (Wildman–Crippen LogP) is 2.10. The van der Waals surface area contributed by atoms with Crippen LogP contribution in [-0.2, 0) is 13.6 Å². The van der Waals surface area contributed by atoms with Crippen molar-refractivity contribution >= 4 is 8.60 Å². The molecule has 0 aromatic rings. The summed E-state index contributed by atoms with van der Waals surface area (Å²) >= 11 is 0. The molecule has 0 fully saturated rings. The average molecular weight is 164 g/mol. The van der Waals surface area contributed by atoms with Gasteiger partial charge in [0.15, 0.2) is 0 Å². The van der Waals surface area contributed by atoms with Crippen LogP contribution in [-0.4, -0.2) is 20.8 Å². The molecule has 0 spiro atoms. The topological polar surface area (TPSA) is 27.7 Å². The second kappa shape index (κ2) is 5.81. The smallest absolute Gasteiger partial charge is 0.316 e. The van der Waals surface area contributed by atoms with E-state index in [0.29, 0.717) is 6.61 Å². The van der Waals surface area contributed by atoms with Gasteiger partial charge in [0.1, 0.15) is 0 Å². The highest BCUT2D eigenvalue weighted by Gasteiger charge is 2.05. The molecule has 0 aromatic carbocycles. The van der Waals surface area contributed by atoms with Crippen molar-refractivity contribution in [3.63, 3.8) is 0 Å². The van der Waals surface area contributed by atoms with Gasteiger partial charge in [-0.1, -0.05) is 12.2 Å². The van der Waals surface area contributed by atoms with E-state index in [-0.39, 0.29) is 0 Å². The van der Waals surface area contributed by atoms with E-state index >= 15 is 0 Å². The van der Waals surface area contributed by atoms with Crippen molar-refractivity contribution in [2.45, 2.75) is 6.92 Å². The predicted molar refractivity (Wildman–Crippen MR) is 41.7 cm³/mol. The van der Waals surface area contributed by atoms with Gasteiger partial charge in [-0.05, 0) is 6.92 Å². The van der Waals surface area contributed by atoms with E-state index in [4.69, 9.17) is 13.6 Å². The van der Waals surface area contributed by atoms with Crippen LogP contribution in [0.25, 0.3) is 0 Å².